The van der Waals surface area contributed by atoms with Gasteiger partial charge in [0.25, 0.3) is 5.91 Å². The highest BCUT2D eigenvalue weighted by molar-refractivity contribution is 5.96. The molecule has 0 aromatic heterocycles. The maximum Gasteiger partial charge on any atom is 0.344 e. The molecule has 1 atom stereocenters. The van der Waals surface area contributed by atoms with Crippen LogP contribution in [0.15, 0.2) is 48.5 Å². The van der Waals surface area contributed by atoms with Crippen molar-refractivity contribution in [2.45, 2.75) is 32.8 Å². The van der Waals surface area contributed by atoms with E-state index in [4.69, 9.17) is 14.2 Å². The zero-order valence-corrected chi connectivity index (χ0v) is 16.0. The maximum absolute atomic E-state index is 12.2. The zero-order valence-electron chi connectivity index (χ0n) is 16.0. The lowest BCUT2D eigenvalue weighted by Crippen LogP contribution is -2.31. The molecule has 0 fully saturated rings. The predicted molar refractivity (Wildman–Crippen MR) is 103 cm³/mol. The summed E-state index contributed by atoms with van der Waals surface area (Å²) in [6.07, 6.45) is -0.966. The van der Waals surface area contributed by atoms with Crippen LogP contribution in [0.5, 0.6) is 11.5 Å². The quantitative estimate of drug-likeness (QED) is 0.715. The Labute approximate surface area is 159 Å². The highest BCUT2D eigenvalue weighted by Gasteiger charge is 2.20. The van der Waals surface area contributed by atoms with Gasteiger partial charge in [-0.1, -0.05) is 44.2 Å². The lowest BCUT2D eigenvalue weighted by atomic mass is 10.0. The molecule has 0 unspecified atom stereocenters. The van der Waals surface area contributed by atoms with Gasteiger partial charge in [0.1, 0.15) is 11.5 Å². The van der Waals surface area contributed by atoms with Crippen molar-refractivity contribution in [3.05, 3.63) is 54.1 Å². The highest BCUT2D eigenvalue weighted by Crippen LogP contribution is 2.26. The third kappa shape index (κ3) is 5.74. The largest absolute Gasteiger partial charge is 0.495 e. The average molecular weight is 371 g/mol. The fourth-order valence-corrected chi connectivity index (χ4v) is 2.49. The summed E-state index contributed by atoms with van der Waals surface area (Å²) in [5.41, 5.74) is 1.52. The molecule has 27 heavy (non-hydrogen) atoms. The second kappa shape index (κ2) is 9.62. The Kier molecular flexibility index (Phi) is 7.23. The molecule has 0 spiro atoms. The van der Waals surface area contributed by atoms with Crippen LogP contribution < -0.4 is 14.8 Å². The van der Waals surface area contributed by atoms with Gasteiger partial charge < -0.3 is 19.5 Å². The van der Waals surface area contributed by atoms with Gasteiger partial charge in [0, 0.05) is 0 Å². The van der Waals surface area contributed by atoms with Crippen molar-refractivity contribution in [3.8, 4) is 11.5 Å². The van der Waals surface area contributed by atoms with E-state index < -0.39 is 18.0 Å². The summed E-state index contributed by atoms with van der Waals surface area (Å²) in [5.74, 6) is 0.364. The van der Waals surface area contributed by atoms with E-state index in [-0.39, 0.29) is 12.5 Å². The number of ether oxygens (including phenoxy) is 3. The summed E-state index contributed by atoms with van der Waals surface area (Å²) >= 11 is 0. The molecule has 2 aromatic rings. The number of hydrogen-bond acceptors (Lipinski definition) is 5. The van der Waals surface area contributed by atoms with Crippen molar-refractivity contribution in [2.24, 2.45) is 0 Å². The van der Waals surface area contributed by atoms with Crippen molar-refractivity contribution < 1.29 is 23.8 Å². The molecule has 0 radical (unpaired) electrons. The third-order valence-corrected chi connectivity index (χ3v) is 3.93. The number of carbonyl (C=O) groups is 2. The molecule has 144 valence electrons. The molecule has 2 rings (SSSR count). The van der Waals surface area contributed by atoms with Gasteiger partial charge >= 0.3 is 5.97 Å². The zero-order chi connectivity index (χ0) is 19.8. The van der Waals surface area contributed by atoms with Crippen LogP contribution in [0.25, 0.3) is 0 Å². The van der Waals surface area contributed by atoms with Crippen LogP contribution in [-0.2, 0) is 14.3 Å². The fraction of sp³-hybridized carbons (Fsp3) is 0.333. The van der Waals surface area contributed by atoms with E-state index in [2.05, 4.69) is 5.32 Å². The van der Waals surface area contributed by atoms with E-state index in [0.717, 1.165) is 5.56 Å². The second-order valence-corrected chi connectivity index (χ2v) is 6.30. The molecule has 2 aromatic carbocycles. The fourth-order valence-electron chi connectivity index (χ4n) is 2.49. The molecule has 0 aliphatic rings. The summed E-state index contributed by atoms with van der Waals surface area (Å²) < 4.78 is 15.9. The molecular formula is C21H25NO5. The van der Waals surface area contributed by atoms with E-state index in [1.54, 1.807) is 30.3 Å². The maximum atomic E-state index is 12.2. The molecule has 0 aliphatic carbocycles. The Bertz CT molecular complexity index is 788. The lowest BCUT2D eigenvalue weighted by molar-refractivity contribution is -0.155. The standard InChI is InChI=1S/C21H25NO5/c1-14(2)16-9-5-7-11-18(16)26-13-20(23)27-15(3)21(24)22-17-10-6-8-12-19(17)25-4/h5-12,14-15H,13H2,1-4H3,(H,22,24)/t15-/m0/s1. The predicted octanol–water partition coefficient (Wildman–Crippen LogP) is 3.77. The summed E-state index contributed by atoms with van der Waals surface area (Å²) in [5, 5.41) is 2.68. The number of anilines is 1. The van der Waals surface area contributed by atoms with E-state index in [0.29, 0.717) is 17.2 Å². The Hall–Kier alpha value is -3.02. The normalized spacial score (nSPS) is 11.6. The molecule has 1 N–H and O–H groups in total. The van der Waals surface area contributed by atoms with Crippen molar-refractivity contribution in [1.29, 1.82) is 0 Å². The summed E-state index contributed by atoms with van der Waals surface area (Å²) in [7, 11) is 1.51. The van der Waals surface area contributed by atoms with E-state index >= 15 is 0 Å². The van der Waals surface area contributed by atoms with Gasteiger partial charge in [-0.25, -0.2) is 4.79 Å². The van der Waals surface area contributed by atoms with Crippen molar-refractivity contribution >= 4 is 17.6 Å². The Morgan fingerprint density at radius 2 is 1.59 bits per heavy atom. The molecule has 0 bridgehead atoms. The highest BCUT2D eigenvalue weighted by atomic mass is 16.6. The first kappa shape index (κ1) is 20.3. The average Bonchev–Trinajstić information content (AvgIpc) is 2.66. The lowest BCUT2D eigenvalue weighted by Gasteiger charge is -2.16. The SMILES string of the molecule is COc1ccccc1NC(=O)[C@H](C)OC(=O)COc1ccccc1C(C)C. The van der Waals surface area contributed by atoms with Gasteiger partial charge in [0.15, 0.2) is 12.7 Å². The Balaban J connectivity index is 1.89. The number of methoxy groups -OCH3 is 1. The molecule has 6 nitrogen and oxygen atoms in total. The molecule has 0 saturated carbocycles. The molecule has 6 heteroatoms. The molecule has 1 amide bonds. The topological polar surface area (TPSA) is 73.9 Å². The van der Waals surface area contributed by atoms with Crippen molar-refractivity contribution in [3.63, 3.8) is 0 Å². The summed E-state index contributed by atoms with van der Waals surface area (Å²) in [6, 6.07) is 14.5. The van der Waals surface area contributed by atoms with E-state index in [9.17, 15) is 9.59 Å². The van der Waals surface area contributed by atoms with Gasteiger partial charge in [0.2, 0.25) is 0 Å². The molecule has 0 heterocycles. The number of carbonyl (C=O) groups excluding carboxylic acids is 2. The minimum Gasteiger partial charge on any atom is -0.495 e. The van der Waals surface area contributed by atoms with Gasteiger partial charge in [-0.15, -0.1) is 0 Å². The first-order valence-corrected chi connectivity index (χ1v) is 8.77. The van der Waals surface area contributed by atoms with Gasteiger partial charge in [-0.3, -0.25) is 4.79 Å². The number of hydrogen-bond donors (Lipinski definition) is 1. The molecule has 0 saturated heterocycles. The number of amides is 1. The third-order valence-electron chi connectivity index (χ3n) is 3.93. The smallest absolute Gasteiger partial charge is 0.344 e. The monoisotopic (exact) mass is 371 g/mol. The van der Waals surface area contributed by atoms with Crippen LogP contribution in [0, 0.1) is 0 Å². The summed E-state index contributed by atoms with van der Waals surface area (Å²) in [6.45, 7) is 5.33. The number of esters is 1. The summed E-state index contributed by atoms with van der Waals surface area (Å²) in [4.78, 5) is 24.3. The molecular weight excluding hydrogens is 346 g/mol. The van der Waals surface area contributed by atoms with Crippen molar-refractivity contribution in [2.75, 3.05) is 19.0 Å². The van der Waals surface area contributed by atoms with E-state index in [1.807, 2.05) is 32.0 Å². The second-order valence-electron chi connectivity index (χ2n) is 6.30. The molecule has 0 aliphatic heterocycles. The number of benzene rings is 2. The van der Waals surface area contributed by atoms with E-state index in [1.165, 1.54) is 14.0 Å². The van der Waals surface area contributed by atoms with Crippen LogP contribution in [-0.4, -0.2) is 31.7 Å². The van der Waals surface area contributed by atoms with Crippen LogP contribution >= 0.6 is 0 Å². The van der Waals surface area contributed by atoms with Crippen LogP contribution in [0.2, 0.25) is 0 Å². The number of para-hydroxylation sites is 3. The van der Waals surface area contributed by atoms with Crippen molar-refractivity contribution in [1.82, 2.24) is 0 Å². The first-order valence-electron chi connectivity index (χ1n) is 8.77. The Morgan fingerprint density at radius 1 is 0.963 bits per heavy atom. The number of nitrogens with one attached hydrogen (secondary N) is 1. The van der Waals surface area contributed by atoms with Crippen LogP contribution in [0.3, 0.4) is 0 Å². The minimum atomic E-state index is -0.966. The van der Waals surface area contributed by atoms with Gasteiger partial charge in [-0.05, 0) is 36.6 Å². The minimum absolute atomic E-state index is 0.266. The van der Waals surface area contributed by atoms with Gasteiger partial charge in [0.05, 0.1) is 12.8 Å². The van der Waals surface area contributed by atoms with Gasteiger partial charge in [-0.2, -0.15) is 0 Å². The van der Waals surface area contributed by atoms with Crippen LogP contribution in [0.1, 0.15) is 32.3 Å². The van der Waals surface area contributed by atoms with Crippen LogP contribution in [0.4, 0.5) is 5.69 Å². The first-order chi connectivity index (χ1) is 12.9. The number of rotatable bonds is 8. The Morgan fingerprint density at radius 3 is 2.26 bits per heavy atom.